The van der Waals surface area contributed by atoms with Crippen LogP contribution in [0.4, 0.5) is 5.69 Å². The van der Waals surface area contributed by atoms with Crippen LogP contribution in [0.2, 0.25) is 0 Å². The number of nitrogens with zero attached hydrogens (tertiary/aromatic N) is 1. The van der Waals surface area contributed by atoms with Crippen LogP contribution in [0, 0.1) is 0 Å². The first-order chi connectivity index (χ1) is 16.6. The van der Waals surface area contributed by atoms with Crippen molar-refractivity contribution in [3.8, 4) is 11.5 Å². The molecule has 1 aromatic carbocycles. The predicted molar refractivity (Wildman–Crippen MR) is 137 cm³/mol. The molecule has 0 unspecified atom stereocenters. The van der Waals surface area contributed by atoms with E-state index in [9.17, 15) is 9.59 Å². The lowest BCUT2D eigenvalue weighted by Crippen LogP contribution is -2.47. The average Bonchev–Trinajstić information content (AvgIpc) is 3.57. The highest BCUT2D eigenvalue weighted by atomic mass is 32.1. The topological polar surface area (TPSA) is 67.9 Å². The Labute approximate surface area is 208 Å². The Morgan fingerprint density at radius 1 is 1.00 bits per heavy atom. The van der Waals surface area contributed by atoms with Crippen molar-refractivity contribution in [3.63, 3.8) is 0 Å². The molecule has 3 aromatic rings. The maximum atomic E-state index is 13.8. The van der Waals surface area contributed by atoms with E-state index in [-0.39, 0.29) is 24.3 Å². The minimum Gasteiger partial charge on any atom is -0.493 e. The number of ether oxygens (including phenoxy) is 2. The van der Waals surface area contributed by atoms with Crippen molar-refractivity contribution >= 4 is 40.2 Å². The summed E-state index contributed by atoms with van der Waals surface area (Å²) in [4.78, 5) is 30.9. The molecule has 0 radical (unpaired) electrons. The first-order valence-corrected chi connectivity index (χ1v) is 13.3. The minimum atomic E-state index is -0.771. The van der Waals surface area contributed by atoms with Gasteiger partial charge in [0.1, 0.15) is 6.04 Å². The molecule has 0 bridgehead atoms. The molecule has 4 rings (SSSR count). The molecule has 0 spiro atoms. The number of anilines is 1. The number of carbonyl (C=O) groups is 2. The van der Waals surface area contributed by atoms with Crippen LogP contribution < -0.4 is 19.7 Å². The monoisotopic (exact) mass is 498 g/mol. The lowest BCUT2D eigenvalue weighted by molar-refractivity contribution is -0.127. The van der Waals surface area contributed by atoms with Gasteiger partial charge < -0.3 is 14.8 Å². The first-order valence-electron chi connectivity index (χ1n) is 11.5. The molecule has 2 aromatic heterocycles. The molecule has 2 amide bonds. The Morgan fingerprint density at radius 3 is 2.38 bits per heavy atom. The summed E-state index contributed by atoms with van der Waals surface area (Å²) >= 11 is 3.01. The third kappa shape index (κ3) is 5.62. The number of thiophene rings is 2. The summed E-state index contributed by atoms with van der Waals surface area (Å²) in [7, 11) is 3.13. The number of rotatable bonds is 9. The largest absolute Gasteiger partial charge is 0.493 e. The van der Waals surface area contributed by atoms with E-state index in [0.29, 0.717) is 17.2 Å². The summed E-state index contributed by atoms with van der Waals surface area (Å²) in [6.07, 6.45) is 5.60. The van der Waals surface area contributed by atoms with Crippen molar-refractivity contribution in [3.05, 3.63) is 63.0 Å². The number of methoxy groups -OCH3 is 2. The second kappa shape index (κ2) is 11.5. The quantitative estimate of drug-likeness (QED) is 0.417. The summed E-state index contributed by atoms with van der Waals surface area (Å²) < 4.78 is 10.9. The van der Waals surface area contributed by atoms with Gasteiger partial charge in [-0.05, 0) is 47.9 Å². The second-order valence-electron chi connectivity index (χ2n) is 8.32. The molecule has 1 fully saturated rings. The summed E-state index contributed by atoms with van der Waals surface area (Å²) in [5.41, 5.74) is 0.594. The van der Waals surface area contributed by atoms with Gasteiger partial charge in [-0.15, -0.1) is 22.7 Å². The van der Waals surface area contributed by atoms with Crippen molar-refractivity contribution in [2.24, 2.45) is 0 Å². The molecule has 1 atom stereocenters. The normalized spacial score (nSPS) is 14.9. The SMILES string of the molecule is COc1ccc(N(C(=O)Cc2cccs2)[C@@H](C(=O)NC2CCCCC2)c2cccs2)cc1OC. The van der Waals surface area contributed by atoms with Crippen LogP contribution in [0.25, 0.3) is 0 Å². The van der Waals surface area contributed by atoms with E-state index in [1.165, 1.54) is 29.1 Å². The number of amides is 2. The third-order valence-corrected chi connectivity index (χ3v) is 7.89. The van der Waals surface area contributed by atoms with Gasteiger partial charge in [-0.2, -0.15) is 0 Å². The van der Waals surface area contributed by atoms with E-state index in [0.717, 1.165) is 35.4 Å². The minimum absolute atomic E-state index is 0.142. The molecule has 34 heavy (non-hydrogen) atoms. The van der Waals surface area contributed by atoms with E-state index in [4.69, 9.17) is 9.47 Å². The molecule has 1 aliphatic rings. The molecule has 0 aliphatic heterocycles. The van der Waals surface area contributed by atoms with Crippen molar-refractivity contribution in [2.75, 3.05) is 19.1 Å². The highest BCUT2D eigenvalue weighted by Gasteiger charge is 2.35. The standard InChI is InChI=1S/C26H30N2O4S2/c1-31-21-13-12-19(16-22(21)32-2)28(24(29)17-20-10-6-14-33-20)25(23-11-7-15-34-23)26(30)27-18-8-4-3-5-9-18/h6-7,10-16,18,25H,3-5,8-9,17H2,1-2H3,(H,27,30)/t25-/m1/s1. The Balaban J connectivity index is 1.74. The van der Waals surface area contributed by atoms with Gasteiger partial charge in [-0.25, -0.2) is 0 Å². The maximum Gasteiger partial charge on any atom is 0.248 e. The van der Waals surface area contributed by atoms with Gasteiger partial charge in [0.05, 0.1) is 20.6 Å². The number of hydrogen-bond acceptors (Lipinski definition) is 6. The van der Waals surface area contributed by atoms with Crippen LogP contribution in [0.1, 0.15) is 47.9 Å². The molecule has 6 nitrogen and oxygen atoms in total. The Hall–Kier alpha value is -2.84. The molecule has 1 aliphatic carbocycles. The fraction of sp³-hybridized carbons (Fsp3) is 0.385. The number of benzene rings is 1. The molecule has 1 saturated carbocycles. The van der Waals surface area contributed by atoms with E-state index >= 15 is 0 Å². The molecular formula is C26H30N2O4S2. The van der Waals surface area contributed by atoms with Gasteiger partial charge >= 0.3 is 0 Å². The molecular weight excluding hydrogens is 468 g/mol. The van der Waals surface area contributed by atoms with Crippen LogP contribution in [0.3, 0.4) is 0 Å². The first kappa shape index (κ1) is 24.3. The highest BCUT2D eigenvalue weighted by molar-refractivity contribution is 7.10. The van der Waals surface area contributed by atoms with Crippen LogP contribution >= 0.6 is 22.7 Å². The fourth-order valence-corrected chi connectivity index (χ4v) is 5.92. The summed E-state index contributed by atoms with van der Waals surface area (Å²) in [5.74, 6) is 0.776. The van der Waals surface area contributed by atoms with Gasteiger partial charge in [-0.1, -0.05) is 31.4 Å². The lowest BCUT2D eigenvalue weighted by Gasteiger charge is -2.33. The Bertz CT molecular complexity index is 1080. The molecule has 0 saturated heterocycles. The smallest absolute Gasteiger partial charge is 0.248 e. The zero-order chi connectivity index (χ0) is 23.9. The number of carbonyl (C=O) groups excluding carboxylic acids is 2. The number of nitrogens with one attached hydrogen (secondary N) is 1. The average molecular weight is 499 g/mol. The van der Waals surface area contributed by atoms with Gasteiger partial charge in [0.2, 0.25) is 11.8 Å². The van der Waals surface area contributed by atoms with Crippen LogP contribution in [0.5, 0.6) is 11.5 Å². The predicted octanol–water partition coefficient (Wildman–Crippen LogP) is 5.59. The van der Waals surface area contributed by atoms with E-state index in [1.54, 1.807) is 31.3 Å². The molecule has 180 valence electrons. The Morgan fingerprint density at radius 2 is 1.74 bits per heavy atom. The molecule has 8 heteroatoms. The van der Waals surface area contributed by atoms with Crippen molar-refractivity contribution in [1.29, 1.82) is 0 Å². The zero-order valence-corrected chi connectivity index (χ0v) is 21.1. The van der Waals surface area contributed by atoms with Gasteiger partial charge in [0, 0.05) is 27.5 Å². The van der Waals surface area contributed by atoms with Crippen molar-refractivity contribution in [1.82, 2.24) is 5.32 Å². The maximum absolute atomic E-state index is 13.8. The molecule has 2 heterocycles. The summed E-state index contributed by atoms with van der Waals surface area (Å²) in [6.45, 7) is 0. The second-order valence-corrected chi connectivity index (χ2v) is 10.3. The molecule has 1 N–H and O–H groups in total. The Kier molecular flexibility index (Phi) is 8.24. The lowest BCUT2D eigenvalue weighted by atomic mass is 9.95. The van der Waals surface area contributed by atoms with Gasteiger partial charge in [0.15, 0.2) is 11.5 Å². The van der Waals surface area contributed by atoms with E-state index in [1.807, 2.05) is 41.1 Å². The van der Waals surface area contributed by atoms with Crippen molar-refractivity contribution in [2.45, 2.75) is 50.6 Å². The fourth-order valence-electron chi connectivity index (χ4n) is 4.41. The third-order valence-electron chi connectivity index (χ3n) is 6.09. The summed E-state index contributed by atoms with van der Waals surface area (Å²) in [5, 5.41) is 7.13. The van der Waals surface area contributed by atoms with E-state index in [2.05, 4.69) is 5.32 Å². The summed E-state index contributed by atoms with van der Waals surface area (Å²) in [6, 6.07) is 12.4. The van der Waals surface area contributed by atoms with Crippen LogP contribution in [-0.4, -0.2) is 32.1 Å². The van der Waals surface area contributed by atoms with Gasteiger partial charge in [-0.3, -0.25) is 14.5 Å². The van der Waals surface area contributed by atoms with Crippen LogP contribution in [0.15, 0.2) is 53.2 Å². The zero-order valence-electron chi connectivity index (χ0n) is 19.5. The van der Waals surface area contributed by atoms with Crippen molar-refractivity contribution < 1.29 is 19.1 Å². The van der Waals surface area contributed by atoms with Crippen LogP contribution in [-0.2, 0) is 16.0 Å². The van der Waals surface area contributed by atoms with E-state index < -0.39 is 6.04 Å². The highest BCUT2D eigenvalue weighted by Crippen LogP contribution is 2.37. The number of hydrogen-bond donors (Lipinski definition) is 1. The van der Waals surface area contributed by atoms with Gasteiger partial charge in [0.25, 0.3) is 0 Å².